The number of carbonyl (C=O) groups excluding carboxylic acids is 4. The summed E-state index contributed by atoms with van der Waals surface area (Å²) >= 11 is 1.28. The van der Waals surface area contributed by atoms with Crippen molar-refractivity contribution in [3.8, 4) is 0 Å². The van der Waals surface area contributed by atoms with E-state index in [2.05, 4.69) is 5.32 Å². The summed E-state index contributed by atoms with van der Waals surface area (Å²) in [7, 11) is 0. The molecule has 0 saturated carbocycles. The monoisotopic (exact) mass is 419 g/mol. The zero-order valence-corrected chi connectivity index (χ0v) is 17.1. The SMILES string of the molecule is CCOC(=O)c1c(NC(=O)COC(=O)CSc2ccccc2)oc(C)c1C(C)=O. The number of hydrogen-bond donors (Lipinski definition) is 1. The van der Waals surface area contributed by atoms with Gasteiger partial charge in [0.2, 0.25) is 5.88 Å². The second-order valence-corrected chi connectivity index (χ2v) is 6.87. The maximum Gasteiger partial charge on any atom is 0.344 e. The minimum atomic E-state index is -0.791. The Labute approximate surface area is 171 Å². The van der Waals surface area contributed by atoms with Gasteiger partial charge < -0.3 is 13.9 Å². The molecule has 1 heterocycles. The highest BCUT2D eigenvalue weighted by molar-refractivity contribution is 8.00. The Hall–Kier alpha value is -3.07. The van der Waals surface area contributed by atoms with Crippen LogP contribution in [0.25, 0.3) is 0 Å². The van der Waals surface area contributed by atoms with Crippen molar-refractivity contribution < 1.29 is 33.1 Å². The Morgan fingerprint density at radius 3 is 2.38 bits per heavy atom. The van der Waals surface area contributed by atoms with Gasteiger partial charge >= 0.3 is 11.9 Å². The van der Waals surface area contributed by atoms with Crippen molar-refractivity contribution in [3.05, 3.63) is 47.2 Å². The van der Waals surface area contributed by atoms with Crippen molar-refractivity contribution >= 4 is 41.3 Å². The fourth-order valence-corrected chi connectivity index (χ4v) is 3.18. The minimum absolute atomic E-state index is 0.0370. The fraction of sp³-hybridized carbons (Fsp3) is 0.300. The van der Waals surface area contributed by atoms with E-state index in [1.165, 1.54) is 25.6 Å². The summed E-state index contributed by atoms with van der Waals surface area (Å²) in [6, 6.07) is 9.28. The molecule has 1 aromatic carbocycles. The molecule has 1 aromatic heterocycles. The zero-order chi connectivity index (χ0) is 21.4. The van der Waals surface area contributed by atoms with E-state index in [-0.39, 0.29) is 35.1 Å². The minimum Gasteiger partial charge on any atom is -0.462 e. The van der Waals surface area contributed by atoms with Crippen LogP contribution in [0.2, 0.25) is 0 Å². The zero-order valence-electron chi connectivity index (χ0n) is 16.3. The summed E-state index contributed by atoms with van der Waals surface area (Å²) in [6.45, 7) is 3.91. The van der Waals surface area contributed by atoms with E-state index < -0.39 is 30.2 Å². The number of thioether (sulfide) groups is 1. The Bertz CT molecular complexity index is 905. The van der Waals surface area contributed by atoms with Crippen molar-refractivity contribution in [1.82, 2.24) is 0 Å². The number of Topliss-reactive ketones (excluding diaryl/α,β-unsaturated/α-hetero) is 1. The van der Waals surface area contributed by atoms with Crippen LogP contribution in [0, 0.1) is 6.92 Å². The summed E-state index contributed by atoms with van der Waals surface area (Å²) in [5.74, 6) is -2.48. The molecule has 0 aliphatic carbocycles. The highest BCUT2D eigenvalue weighted by Gasteiger charge is 2.28. The number of carbonyl (C=O) groups is 4. The molecule has 154 valence electrons. The van der Waals surface area contributed by atoms with Gasteiger partial charge in [0.1, 0.15) is 11.3 Å². The molecule has 0 saturated heterocycles. The molecule has 0 bridgehead atoms. The predicted octanol–water partition coefficient (Wildman–Crippen LogP) is 3.24. The lowest BCUT2D eigenvalue weighted by molar-refractivity contribution is -0.144. The van der Waals surface area contributed by atoms with Gasteiger partial charge in [-0.05, 0) is 32.9 Å². The molecule has 29 heavy (non-hydrogen) atoms. The van der Waals surface area contributed by atoms with E-state index in [4.69, 9.17) is 13.9 Å². The topological polar surface area (TPSA) is 112 Å². The van der Waals surface area contributed by atoms with E-state index in [1.807, 2.05) is 30.3 Å². The number of hydrogen-bond acceptors (Lipinski definition) is 8. The smallest absolute Gasteiger partial charge is 0.344 e. The van der Waals surface area contributed by atoms with Gasteiger partial charge in [0.05, 0.1) is 17.9 Å². The Morgan fingerprint density at radius 1 is 1.07 bits per heavy atom. The summed E-state index contributed by atoms with van der Waals surface area (Å²) in [4.78, 5) is 48.9. The van der Waals surface area contributed by atoms with Crippen LogP contribution < -0.4 is 5.32 Å². The molecule has 0 atom stereocenters. The van der Waals surface area contributed by atoms with Crippen LogP contribution in [0.15, 0.2) is 39.6 Å². The van der Waals surface area contributed by atoms with E-state index in [9.17, 15) is 19.2 Å². The average molecular weight is 419 g/mol. The van der Waals surface area contributed by atoms with Crippen LogP contribution in [-0.4, -0.2) is 42.6 Å². The third-order valence-corrected chi connectivity index (χ3v) is 4.62. The van der Waals surface area contributed by atoms with Crippen LogP contribution in [0.1, 0.15) is 40.3 Å². The molecular weight excluding hydrogens is 398 g/mol. The first kappa shape index (κ1) is 22.2. The van der Waals surface area contributed by atoms with Crippen LogP contribution in [0.3, 0.4) is 0 Å². The molecule has 0 radical (unpaired) electrons. The molecule has 9 heteroatoms. The Morgan fingerprint density at radius 2 is 1.76 bits per heavy atom. The van der Waals surface area contributed by atoms with Gasteiger partial charge in [0.15, 0.2) is 12.4 Å². The maximum absolute atomic E-state index is 12.2. The molecule has 0 spiro atoms. The number of furan rings is 1. The Balaban J connectivity index is 1.97. The molecule has 0 aliphatic heterocycles. The van der Waals surface area contributed by atoms with E-state index in [1.54, 1.807) is 6.92 Å². The number of benzene rings is 1. The molecular formula is C20H21NO7S. The lowest BCUT2D eigenvalue weighted by Crippen LogP contribution is -2.22. The van der Waals surface area contributed by atoms with Crippen molar-refractivity contribution in [1.29, 1.82) is 0 Å². The van der Waals surface area contributed by atoms with Gasteiger partial charge in [-0.15, -0.1) is 11.8 Å². The normalized spacial score (nSPS) is 10.3. The fourth-order valence-electron chi connectivity index (χ4n) is 2.46. The first-order valence-electron chi connectivity index (χ1n) is 8.78. The molecule has 2 rings (SSSR count). The molecule has 0 aliphatic rings. The van der Waals surface area contributed by atoms with Crippen LogP contribution >= 0.6 is 11.8 Å². The quantitative estimate of drug-likeness (QED) is 0.374. The number of anilines is 1. The average Bonchev–Trinajstić information content (AvgIpc) is 3.01. The molecule has 8 nitrogen and oxygen atoms in total. The second-order valence-electron chi connectivity index (χ2n) is 5.82. The standard InChI is InChI=1S/C20H21NO7S/c1-4-26-20(25)18-17(12(2)22)13(3)28-19(18)21-15(23)10-27-16(24)11-29-14-8-6-5-7-9-14/h5-9H,4,10-11H2,1-3H3,(H,21,23). The highest BCUT2D eigenvalue weighted by atomic mass is 32.2. The molecule has 2 aromatic rings. The molecule has 0 unspecified atom stereocenters. The van der Waals surface area contributed by atoms with Gasteiger partial charge in [-0.1, -0.05) is 18.2 Å². The molecule has 1 amide bonds. The van der Waals surface area contributed by atoms with Crippen molar-refractivity contribution in [2.75, 3.05) is 24.3 Å². The summed E-state index contributed by atoms with van der Waals surface area (Å²) in [5.41, 5.74) is -0.119. The van der Waals surface area contributed by atoms with Crippen LogP contribution in [0.5, 0.6) is 0 Å². The van der Waals surface area contributed by atoms with Crippen molar-refractivity contribution in [2.24, 2.45) is 0 Å². The lowest BCUT2D eigenvalue weighted by atomic mass is 10.1. The van der Waals surface area contributed by atoms with Gasteiger partial charge in [0.25, 0.3) is 5.91 Å². The van der Waals surface area contributed by atoms with E-state index in [0.717, 1.165) is 4.90 Å². The predicted molar refractivity (Wildman–Crippen MR) is 106 cm³/mol. The second kappa shape index (κ2) is 10.5. The largest absolute Gasteiger partial charge is 0.462 e. The third-order valence-electron chi connectivity index (χ3n) is 3.63. The molecule has 0 fully saturated rings. The van der Waals surface area contributed by atoms with Crippen molar-refractivity contribution in [3.63, 3.8) is 0 Å². The highest BCUT2D eigenvalue weighted by Crippen LogP contribution is 2.28. The van der Waals surface area contributed by atoms with Gasteiger partial charge in [-0.2, -0.15) is 0 Å². The number of nitrogens with one attached hydrogen (secondary N) is 1. The number of rotatable bonds is 9. The number of ether oxygens (including phenoxy) is 2. The number of amides is 1. The maximum atomic E-state index is 12.2. The lowest BCUT2D eigenvalue weighted by Gasteiger charge is -2.07. The van der Waals surface area contributed by atoms with Gasteiger partial charge in [0, 0.05) is 4.90 Å². The van der Waals surface area contributed by atoms with Crippen LogP contribution in [0.4, 0.5) is 5.88 Å². The summed E-state index contributed by atoms with van der Waals surface area (Å²) < 4.78 is 15.2. The number of aryl methyl sites for hydroxylation is 1. The summed E-state index contributed by atoms with van der Waals surface area (Å²) in [5, 5.41) is 2.35. The van der Waals surface area contributed by atoms with Crippen LogP contribution in [-0.2, 0) is 19.1 Å². The van der Waals surface area contributed by atoms with E-state index in [0.29, 0.717) is 0 Å². The number of esters is 2. The summed E-state index contributed by atoms with van der Waals surface area (Å²) in [6.07, 6.45) is 0. The first-order valence-corrected chi connectivity index (χ1v) is 9.76. The Kier molecular flexibility index (Phi) is 8.02. The van der Waals surface area contributed by atoms with E-state index >= 15 is 0 Å². The number of ketones is 1. The molecule has 1 N–H and O–H groups in total. The third kappa shape index (κ3) is 6.21. The first-order chi connectivity index (χ1) is 13.8. The van der Waals surface area contributed by atoms with Gasteiger partial charge in [-0.3, -0.25) is 19.7 Å². The van der Waals surface area contributed by atoms with Gasteiger partial charge in [-0.25, -0.2) is 4.79 Å². The van der Waals surface area contributed by atoms with Crippen molar-refractivity contribution in [2.45, 2.75) is 25.7 Å².